The first-order valence-electron chi connectivity index (χ1n) is 13.1. The van der Waals surface area contributed by atoms with Crippen molar-refractivity contribution < 1.29 is 27.8 Å². The van der Waals surface area contributed by atoms with Crippen LogP contribution in [0.5, 0.6) is 5.75 Å². The van der Waals surface area contributed by atoms with Gasteiger partial charge in [-0.1, -0.05) is 24.3 Å². The Morgan fingerprint density at radius 1 is 1.14 bits per heavy atom. The van der Waals surface area contributed by atoms with Crippen LogP contribution >= 0.6 is 0 Å². The second kappa shape index (κ2) is 13.1. The van der Waals surface area contributed by atoms with E-state index in [1.54, 1.807) is 13.1 Å². The molecule has 0 N–H and O–H groups in total. The van der Waals surface area contributed by atoms with E-state index in [2.05, 4.69) is 17.1 Å². The molecule has 0 bridgehead atoms. The van der Waals surface area contributed by atoms with E-state index < -0.39 is 6.43 Å². The molecule has 0 fully saturated rings. The molecule has 1 aromatic heterocycles. The summed E-state index contributed by atoms with van der Waals surface area (Å²) in [6.45, 7) is 4.91. The SMILES string of the molecule is CCOC(=O)COCCCCCOc1ccc([C@@H]2C3=C(C[C@@H](C)N2CC(F)F)c2ccccc2C3)nc1. The molecule has 0 saturated carbocycles. The van der Waals surface area contributed by atoms with Crippen LogP contribution in [0, 0.1) is 0 Å². The summed E-state index contributed by atoms with van der Waals surface area (Å²) in [5.41, 5.74) is 5.75. The molecule has 4 rings (SSSR count). The van der Waals surface area contributed by atoms with Gasteiger partial charge in [0.2, 0.25) is 0 Å². The van der Waals surface area contributed by atoms with Crippen molar-refractivity contribution in [1.29, 1.82) is 0 Å². The van der Waals surface area contributed by atoms with E-state index in [4.69, 9.17) is 14.2 Å². The van der Waals surface area contributed by atoms with Gasteiger partial charge in [-0.05, 0) is 80.4 Å². The van der Waals surface area contributed by atoms with E-state index in [1.807, 2.05) is 36.1 Å². The van der Waals surface area contributed by atoms with Crippen molar-refractivity contribution in [3.8, 4) is 5.75 Å². The number of esters is 1. The number of alkyl halides is 2. The Hall–Kier alpha value is -2.84. The number of benzene rings is 1. The molecule has 1 aliphatic heterocycles. The van der Waals surface area contributed by atoms with Gasteiger partial charge in [-0.3, -0.25) is 9.88 Å². The van der Waals surface area contributed by atoms with Gasteiger partial charge < -0.3 is 14.2 Å². The van der Waals surface area contributed by atoms with Gasteiger partial charge in [0.15, 0.2) is 0 Å². The average molecular weight is 515 g/mol. The predicted molar refractivity (Wildman–Crippen MR) is 138 cm³/mol. The number of ether oxygens (including phenoxy) is 3. The molecule has 6 nitrogen and oxygen atoms in total. The lowest BCUT2D eigenvalue weighted by molar-refractivity contribution is -0.148. The summed E-state index contributed by atoms with van der Waals surface area (Å²) in [7, 11) is 0. The minimum Gasteiger partial charge on any atom is -0.492 e. The first-order valence-corrected chi connectivity index (χ1v) is 13.1. The van der Waals surface area contributed by atoms with Gasteiger partial charge in [0.1, 0.15) is 12.4 Å². The van der Waals surface area contributed by atoms with Crippen LogP contribution in [0.4, 0.5) is 8.78 Å². The van der Waals surface area contributed by atoms with Gasteiger partial charge in [-0.25, -0.2) is 13.6 Å². The maximum atomic E-state index is 13.6. The van der Waals surface area contributed by atoms with Gasteiger partial charge >= 0.3 is 5.97 Å². The van der Waals surface area contributed by atoms with Crippen LogP contribution in [0.25, 0.3) is 5.57 Å². The summed E-state index contributed by atoms with van der Waals surface area (Å²) in [5.74, 6) is 0.322. The van der Waals surface area contributed by atoms with Crippen molar-refractivity contribution in [2.45, 2.75) is 64.5 Å². The first kappa shape index (κ1) is 27.2. The molecule has 37 heavy (non-hydrogen) atoms. The lowest BCUT2D eigenvalue weighted by Crippen LogP contribution is -2.43. The zero-order chi connectivity index (χ0) is 26.2. The average Bonchev–Trinajstić information content (AvgIpc) is 3.24. The number of halogens is 2. The zero-order valence-electron chi connectivity index (χ0n) is 21.6. The van der Waals surface area contributed by atoms with Gasteiger partial charge in [-0.15, -0.1) is 0 Å². The number of carbonyl (C=O) groups excluding carboxylic acids is 1. The number of carbonyl (C=O) groups is 1. The van der Waals surface area contributed by atoms with Crippen LogP contribution in [0.1, 0.15) is 62.4 Å². The van der Waals surface area contributed by atoms with Crippen molar-refractivity contribution in [1.82, 2.24) is 9.88 Å². The van der Waals surface area contributed by atoms with Crippen LogP contribution < -0.4 is 4.74 Å². The topological polar surface area (TPSA) is 60.9 Å². The maximum absolute atomic E-state index is 13.6. The molecule has 2 aliphatic rings. The fraction of sp³-hybridized carbons (Fsp3) is 0.517. The van der Waals surface area contributed by atoms with Crippen LogP contribution in [0.2, 0.25) is 0 Å². The third-order valence-corrected chi connectivity index (χ3v) is 6.95. The Labute approximate surface area is 217 Å². The van der Waals surface area contributed by atoms with Crippen molar-refractivity contribution in [2.75, 3.05) is 33.0 Å². The normalized spacial score (nSPS) is 19.2. The molecular weight excluding hydrogens is 478 g/mol. The fourth-order valence-corrected chi connectivity index (χ4v) is 5.29. The van der Waals surface area contributed by atoms with Gasteiger partial charge in [0.25, 0.3) is 6.43 Å². The Morgan fingerprint density at radius 2 is 1.95 bits per heavy atom. The number of pyridine rings is 1. The highest BCUT2D eigenvalue weighted by molar-refractivity contribution is 5.78. The standard InChI is InChI=1S/C29H36F2N2O4/c1-3-36-28(34)19-35-13-7-4-8-14-37-22-11-12-26(32-17-22)29-25-16-21-9-5-6-10-23(21)24(25)15-20(2)33(29)18-27(30)31/h5-6,9-12,17,20,27,29H,3-4,7-8,13-16,18-19H2,1-2H3/t20-,29+/m1/s1. The highest BCUT2D eigenvalue weighted by Crippen LogP contribution is 2.48. The number of rotatable bonds is 13. The van der Waals surface area contributed by atoms with Crippen molar-refractivity contribution >= 4 is 11.5 Å². The summed E-state index contributed by atoms with van der Waals surface area (Å²) in [6, 6.07) is 11.9. The van der Waals surface area contributed by atoms with Crippen LogP contribution in [0.15, 0.2) is 48.2 Å². The Bertz CT molecular complexity index is 1070. The first-order chi connectivity index (χ1) is 18.0. The molecule has 0 amide bonds. The molecular formula is C29H36F2N2O4. The monoisotopic (exact) mass is 514 g/mol. The number of aromatic nitrogens is 1. The number of nitrogens with zero attached hydrogens (tertiary/aromatic N) is 2. The highest BCUT2D eigenvalue weighted by Gasteiger charge is 2.40. The molecule has 0 spiro atoms. The van der Waals surface area contributed by atoms with Crippen molar-refractivity contribution in [3.63, 3.8) is 0 Å². The van der Waals surface area contributed by atoms with Gasteiger partial charge in [-0.2, -0.15) is 0 Å². The number of hydrogen-bond donors (Lipinski definition) is 0. The quantitative estimate of drug-likeness (QED) is 0.255. The Balaban J connectivity index is 1.33. The number of unbranched alkanes of at least 4 members (excludes halogenated alkanes) is 2. The van der Waals surface area contributed by atoms with E-state index in [0.717, 1.165) is 37.8 Å². The smallest absolute Gasteiger partial charge is 0.332 e. The van der Waals surface area contributed by atoms with Gasteiger partial charge in [0.05, 0.1) is 37.7 Å². The highest BCUT2D eigenvalue weighted by atomic mass is 19.3. The van der Waals surface area contributed by atoms with Crippen molar-refractivity contribution in [3.05, 3.63) is 65.0 Å². The summed E-state index contributed by atoms with van der Waals surface area (Å²) in [6.07, 6.45) is 3.42. The van der Waals surface area contributed by atoms with Crippen LogP contribution in [-0.2, 0) is 20.7 Å². The third-order valence-electron chi connectivity index (χ3n) is 6.95. The second-order valence-corrected chi connectivity index (χ2v) is 9.57. The minimum absolute atomic E-state index is 0.0112. The van der Waals surface area contributed by atoms with E-state index in [1.165, 1.54) is 22.3 Å². The molecule has 0 saturated heterocycles. The molecule has 0 unspecified atom stereocenters. The molecule has 8 heteroatoms. The lowest BCUT2D eigenvalue weighted by atomic mass is 9.87. The van der Waals surface area contributed by atoms with Crippen LogP contribution in [0.3, 0.4) is 0 Å². The van der Waals surface area contributed by atoms with E-state index in [-0.39, 0.29) is 31.2 Å². The Kier molecular flexibility index (Phi) is 9.63. The van der Waals surface area contributed by atoms with Crippen molar-refractivity contribution in [2.24, 2.45) is 0 Å². The summed E-state index contributed by atoms with van der Waals surface area (Å²) >= 11 is 0. The third kappa shape index (κ3) is 6.93. The fourth-order valence-electron chi connectivity index (χ4n) is 5.29. The molecule has 0 radical (unpaired) electrons. The summed E-state index contributed by atoms with van der Waals surface area (Å²) in [5, 5.41) is 0. The largest absolute Gasteiger partial charge is 0.492 e. The summed E-state index contributed by atoms with van der Waals surface area (Å²) in [4.78, 5) is 17.8. The van der Waals surface area contributed by atoms with Crippen LogP contribution in [-0.4, -0.2) is 61.3 Å². The molecule has 200 valence electrons. The molecule has 2 aromatic rings. The molecule has 1 aromatic carbocycles. The Morgan fingerprint density at radius 3 is 2.70 bits per heavy atom. The predicted octanol–water partition coefficient (Wildman–Crippen LogP) is 5.62. The second-order valence-electron chi connectivity index (χ2n) is 9.57. The number of hydrogen-bond acceptors (Lipinski definition) is 6. The maximum Gasteiger partial charge on any atom is 0.332 e. The summed E-state index contributed by atoms with van der Waals surface area (Å²) < 4.78 is 43.1. The van der Waals surface area contributed by atoms with Gasteiger partial charge in [0, 0.05) is 12.6 Å². The molecule has 2 heterocycles. The van der Waals surface area contributed by atoms with E-state index in [9.17, 15) is 13.6 Å². The van der Waals surface area contributed by atoms with E-state index in [0.29, 0.717) is 25.6 Å². The zero-order valence-corrected chi connectivity index (χ0v) is 21.6. The number of fused-ring (bicyclic) bond motifs is 2. The minimum atomic E-state index is -2.41. The molecule has 1 aliphatic carbocycles. The van der Waals surface area contributed by atoms with E-state index >= 15 is 0 Å². The lowest BCUT2D eigenvalue weighted by Gasteiger charge is -2.41. The molecule has 2 atom stereocenters.